The Morgan fingerprint density at radius 1 is 0.521 bits per heavy atom. The number of carbonyl (C=O) groups excluding carboxylic acids is 4. The van der Waals surface area contributed by atoms with Crippen LogP contribution in [0.15, 0.2) is 91.2 Å². The van der Waals surface area contributed by atoms with E-state index in [0.717, 1.165) is 24.3 Å². The van der Waals surface area contributed by atoms with E-state index in [1.54, 1.807) is 36.4 Å². The first-order chi connectivity index (χ1) is 44.6. The van der Waals surface area contributed by atoms with Crippen LogP contribution in [0, 0.1) is 13.8 Å². The largest absolute Gasteiger partial charge is 0.504 e. The van der Waals surface area contributed by atoms with E-state index in [9.17, 15) is 39.0 Å². The third-order valence-corrected chi connectivity index (χ3v) is 12.8. The number of aromatic nitrogens is 2. The second kappa shape index (κ2) is 50.4. The Kier molecular flexibility index (Phi) is 45.2. The van der Waals surface area contributed by atoms with Crippen molar-refractivity contribution in [1.82, 2.24) is 36.0 Å². The minimum absolute atomic E-state index is 0. The molecule has 96 heavy (non-hydrogen) atoms. The maximum Gasteiger partial charge on any atom is 0.420 e. The van der Waals surface area contributed by atoms with Gasteiger partial charge in [0.05, 0.1) is 143 Å². The molecule has 3 heterocycles. The van der Waals surface area contributed by atoms with Gasteiger partial charge in [0.15, 0.2) is 47.4 Å². The third kappa shape index (κ3) is 34.6. The van der Waals surface area contributed by atoms with E-state index in [0.29, 0.717) is 119 Å². The second-order valence-corrected chi connectivity index (χ2v) is 20.4. The zero-order chi connectivity index (χ0) is 66.1. The van der Waals surface area contributed by atoms with Gasteiger partial charge in [0.2, 0.25) is 11.8 Å². The zero-order valence-electron chi connectivity index (χ0n) is 52.9. The lowest BCUT2D eigenvalue weighted by molar-refractivity contribution is -0.124. The van der Waals surface area contributed by atoms with Gasteiger partial charge in [-0.15, -0.1) is 0 Å². The summed E-state index contributed by atoms with van der Waals surface area (Å²) < 4.78 is 72.2. The fourth-order valence-corrected chi connectivity index (χ4v) is 8.17. The van der Waals surface area contributed by atoms with Gasteiger partial charge in [-0.05, 0) is 104 Å². The predicted octanol–water partition coefficient (Wildman–Crippen LogP) is 2.82. The average molecular weight is 1360 g/mol. The molecule has 12 N–H and O–H groups in total. The molecule has 4 aromatic carbocycles. The number of rotatable bonds is 42. The van der Waals surface area contributed by atoms with Gasteiger partial charge >= 0.3 is 18.6 Å². The van der Waals surface area contributed by atoms with Crippen LogP contribution in [0.1, 0.15) is 70.2 Å². The van der Waals surface area contributed by atoms with E-state index in [1.807, 2.05) is 43.5 Å². The van der Waals surface area contributed by atoms with Crippen LogP contribution in [0.25, 0.3) is 22.2 Å². The molecule has 0 radical (unpaired) electrons. The highest BCUT2D eigenvalue weighted by atomic mass is 16.6. The number of phenols is 2. The topological polar surface area (TPSA) is 418 Å². The van der Waals surface area contributed by atoms with Crippen LogP contribution in [-0.4, -0.2) is 206 Å². The van der Waals surface area contributed by atoms with Crippen LogP contribution < -0.4 is 53.7 Å². The van der Waals surface area contributed by atoms with Gasteiger partial charge in [-0.2, -0.15) is 0 Å². The first kappa shape index (κ1) is 86.1. The van der Waals surface area contributed by atoms with Crippen LogP contribution in [0.4, 0.5) is 0 Å². The number of fused-ring (bicyclic) bond motifs is 2. The third-order valence-electron chi connectivity index (χ3n) is 12.8. The molecule has 0 atom stereocenters. The molecule has 0 bridgehead atoms. The summed E-state index contributed by atoms with van der Waals surface area (Å²) in [7, 11) is -0.825. The summed E-state index contributed by atoms with van der Waals surface area (Å²) in [6, 6.07) is 20.4. The normalized spacial score (nSPS) is 11.3. The van der Waals surface area contributed by atoms with Gasteiger partial charge < -0.3 is 97.7 Å². The quantitative estimate of drug-likeness (QED) is 0.00874. The molecule has 0 aliphatic carbocycles. The molecular formula is C64H101BN8O23. The molecule has 4 amide bonds. The molecule has 32 heteroatoms. The molecule has 1 fully saturated rings. The standard InChI is InChI=1S/C29H41BN4O11.C28H38N4O10.C4H8O.3CH4.H2O/c1-21-3-5-25-23(17-21)34(29(38)45-25)19-22-4-6-26(24(35)18-22)44-20-28(37)31-8-10-41-12-14-43-16-15-42-13-11-40-9-7-27(36)32-33-30(2)39;1-20-2-4-24-22(16-20)32(28(36)42-24)18-21-3-5-25(23(33)17-21)41-19-27(35)30-7-9-38-11-13-40-15-14-39-12-10-37-8-6-26(34)31-29;1-2-4-5-3-1;;;;/h3-6,17-18,33,35,39H,7-16,19-20H2,1-2H3,(H,31,37)(H,32,36);2-5,16-17,33H,6-15,18-19,29H2,1H3,(H,30,35)(H,31,34);1-4H2;3*1H4;1H2. The number of ether oxygens (including phenoxy) is 11. The highest BCUT2D eigenvalue weighted by molar-refractivity contribution is 6.45. The smallest absolute Gasteiger partial charge is 0.420 e. The summed E-state index contributed by atoms with van der Waals surface area (Å²) >= 11 is 0. The molecule has 7 rings (SSSR count). The van der Waals surface area contributed by atoms with E-state index in [2.05, 4.69) is 21.4 Å². The number of hydrogen-bond donors (Lipinski definition) is 9. The number of carbonyl (C=O) groups is 4. The molecule has 0 unspecified atom stereocenters. The Morgan fingerprint density at radius 2 is 0.885 bits per heavy atom. The first-order valence-electron chi connectivity index (χ1n) is 30.1. The highest BCUT2D eigenvalue weighted by Crippen LogP contribution is 2.29. The van der Waals surface area contributed by atoms with Gasteiger partial charge in [-0.1, -0.05) is 46.5 Å². The Balaban J connectivity index is 0.000000860. The second-order valence-electron chi connectivity index (χ2n) is 20.4. The zero-order valence-corrected chi connectivity index (χ0v) is 52.9. The van der Waals surface area contributed by atoms with Crippen molar-refractivity contribution in [2.45, 2.75) is 81.7 Å². The van der Waals surface area contributed by atoms with E-state index < -0.39 is 18.6 Å². The number of hydrazine groups is 2. The van der Waals surface area contributed by atoms with E-state index in [1.165, 1.54) is 40.9 Å². The lowest BCUT2D eigenvalue weighted by atomic mass is 9.91. The van der Waals surface area contributed by atoms with Crippen molar-refractivity contribution in [3.8, 4) is 23.0 Å². The number of aromatic hydroxyl groups is 2. The molecule has 538 valence electrons. The molecule has 6 aromatic rings. The number of phenolic OH excluding ortho intramolecular Hbond substituents is 2. The summed E-state index contributed by atoms with van der Waals surface area (Å²) in [4.78, 5) is 71.0. The van der Waals surface area contributed by atoms with Crippen molar-refractivity contribution in [2.24, 2.45) is 5.84 Å². The summed E-state index contributed by atoms with van der Waals surface area (Å²) in [6.07, 6.45) is 2.92. The summed E-state index contributed by atoms with van der Waals surface area (Å²) in [5, 5.41) is 37.5. The molecule has 1 saturated heterocycles. The van der Waals surface area contributed by atoms with Gasteiger partial charge in [-0.3, -0.25) is 33.7 Å². The fraction of sp³-hybridized carbons (Fsp3) is 0.531. The average Bonchev–Trinajstić information content (AvgIpc) is 1.64. The van der Waals surface area contributed by atoms with Gasteiger partial charge in [0, 0.05) is 26.3 Å². The molecule has 0 saturated carbocycles. The maximum absolute atomic E-state index is 12.3. The lowest BCUT2D eigenvalue weighted by Gasteiger charge is -2.11. The van der Waals surface area contributed by atoms with Crippen LogP contribution in [0.5, 0.6) is 23.0 Å². The Hall–Kier alpha value is -7.96. The number of amides is 4. The number of hydrogen-bond acceptors (Lipinski definition) is 24. The minimum atomic E-state index is -0.825. The van der Waals surface area contributed by atoms with E-state index in [-0.39, 0.29) is 146 Å². The number of oxazole rings is 2. The van der Waals surface area contributed by atoms with Crippen LogP contribution in [-0.2, 0) is 74.9 Å². The van der Waals surface area contributed by atoms with E-state index >= 15 is 0 Å². The Bertz CT molecular complexity index is 3260. The molecule has 1 aliphatic heterocycles. The number of aryl methyl sites for hydroxylation is 2. The van der Waals surface area contributed by atoms with Crippen molar-refractivity contribution in [1.29, 1.82) is 0 Å². The Morgan fingerprint density at radius 3 is 1.23 bits per heavy atom. The van der Waals surface area contributed by atoms with Gasteiger partial charge in [0.1, 0.15) is 0 Å². The molecular weight excluding hydrogens is 1260 g/mol. The van der Waals surface area contributed by atoms with Crippen molar-refractivity contribution in [3.63, 3.8) is 0 Å². The van der Waals surface area contributed by atoms with Crippen molar-refractivity contribution < 1.29 is 101 Å². The first-order valence-corrected chi connectivity index (χ1v) is 30.1. The van der Waals surface area contributed by atoms with Crippen molar-refractivity contribution in [3.05, 3.63) is 116 Å². The van der Waals surface area contributed by atoms with Gasteiger partial charge in [-0.25, -0.2) is 20.8 Å². The number of benzene rings is 4. The van der Waals surface area contributed by atoms with Crippen molar-refractivity contribution >= 4 is 52.9 Å². The van der Waals surface area contributed by atoms with Crippen LogP contribution in [0.3, 0.4) is 0 Å². The SMILES string of the molecule is C.C.C.C1CCOC1.CB(O)NNC(=O)CCOCCOCCOCCOCCNC(=O)COc1ccc(Cn2c(=O)oc3ccc(C)cc32)cc1O.Cc1ccc2oc(=O)n(Cc3ccc(OCC(=O)NCCOCCOCCOCCOCCC(=O)NN)c(O)c3)c2c1.O. The number of nitrogens with zero attached hydrogens (tertiary/aromatic N) is 2. The van der Waals surface area contributed by atoms with Gasteiger partial charge in [0.25, 0.3) is 11.8 Å². The summed E-state index contributed by atoms with van der Waals surface area (Å²) in [6.45, 7) is 13.4. The summed E-state index contributed by atoms with van der Waals surface area (Å²) in [5.74, 6) is 2.69. The fourth-order valence-electron chi connectivity index (χ4n) is 8.17. The summed E-state index contributed by atoms with van der Waals surface area (Å²) in [5.41, 5.74) is 10.0. The molecule has 2 aromatic heterocycles. The monoisotopic (exact) mass is 1360 g/mol. The maximum atomic E-state index is 12.3. The van der Waals surface area contributed by atoms with Crippen molar-refractivity contribution in [2.75, 3.05) is 145 Å². The highest BCUT2D eigenvalue weighted by Gasteiger charge is 2.15. The molecule has 0 spiro atoms. The number of nitrogens with two attached hydrogens (primary N) is 1. The predicted molar refractivity (Wildman–Crippen MR) is 359 cm³/mol. The molecule has 1 aliphatic rings. The lowest BCUT2D eigenvalue weighted by Crippen LogP contribution is -2.46. The van der Waals surface area contributed by atoms with E-state index in [4.69, 9.17) is 71.8 Å². The van der Waals surface area contributed by atoms with Crippen LogP contribution >= 0.6 is 0 Å². The molecule has 31 nitrogen and oxygen atoms in total. The Labute approximate surface area is 559 Å². The van der Waals surface area contributed by atoms with Crippen LogP contribution in [0.2, 0.25) is 6.82 Å². The number of nitrogens with one attached hydrogen (secondary N) is 5. The minimum Gasteiger partial charge on any atom is -0.504 e.